The minimum Gasteiger partial charge on any atom is -1.00 e. The summed E-state index contributed by atoms with van der Waals surface area (Å²) in [5, 5.41) is 8.83. The maximum Gasteiger partial charge on any atom is 0.407 e. The molecule has 4 rings (SSSR count). The van der Waals surface area contributed by atoms with E-state index in [4.69, 9.17) is 9.47 Å². The third kappa shape index (κ3) is 9.15. The quantitative estimate of drug-likeness (QED) is 0.172. The van der Waals surface area contributed by atoms with Crippen molar-refractivity contribution in [2.45, 2.75) is 19.4 Å². The van der Waals surface area contributed by atoms with Crippen LogP contribution in [0.15, 0.2) is 121 Å². The molecule has 9 heteroatoms. The highest BCUT2D eigenvalue weighted by atomic mass is 35.5. The highest BCUT2D eigenvalue weighted by Gasteiger charge is 2.45. The third-order valence-corrected chi connectivity index (χ3v) is 11.2. The zero-order valence-corrected chi connectivity index (χ0v) is 25.7. The topological polar surface area (TPSA) is 93.7 Å². The van der Waals surface area contributed by atoms with Gasteiger partial charge in [-0.2, -0.15) is 0 Å². The molecule has 0 fully saturated rings. The Morgan fingerprint density at radius 3 is 1.63 bits per heavy atom. The fraction of sp³-hybridized carbons (Fsp3) is 0.206. The van der Waals surface area contributed by atoms with E-state index in [1.54, 1.807) is 6.92 Å². The largest absolute Gasteiger partial charge is 1.00 e. The van der Waals surface area contributed by atoms with E-state index in [0.717, 1.165) is 5.56 Å². The fourth-order valence-electron chi connectivity index (χ4n) is 4.89. The number of hydrogen-bond donors (Lipinski definition) is 2. The van der Waals surface area contributed by atoms with Crippen LogP contribution in [-0.2, 0) is 25.5 Å². The van der Waals surface area contributed by atoms with E-state index in [1.165, 1.54) is 15.9 Å². The van der Waals surface area contributed by atoms with E-state index < -0.39 is 31.3 Å². The van der Waals surface area contributed by atoms with Crippen LogP contribution in [0.3, 0.4) is 0 Å². The van der Waals surface area contributed by atoms with E-state index in [-0.39, 0.29) is 38.6 Å². The predicted octanol–water partition coefficient (Wildman–Crippen LogP) is 1.00. The lowest BCUT2D eigenvalue weighted by Gasteiger charge is -2.27. The summed E-state index contributed by atoms with van der Waals surface area (Å²) in [5.74, 6) is -1.04. The highest BCUT2D eigenvalue weighted by molar-refractivity contribution is 7.95. The van der Waals surface area contributed by atoms with E-state index in [9.17, 15) is 14.4 Å². The third-order valence-electron chi connectivity index (χ3n) is 6.85. The van der Waals surface area contributed by atoms with Crippen LogP contribution in [0.2, 0.25) is 0 Å². The van der Waals surface area contributed by atoms with Crippen molar-refractivity contribution < 1.29 is 36.3 Å². The zero-order valence-electron chi connectivity index (χ0n) is 24.0. The molecule has 0 radical (unpaired) electrons. The Morgan fingerprint density at radius 2 is 1.16 bits per heavy atom. The molecule has 7 nitrogen and oxygen atoms in total. The lowest BCUT2D eigenvalue weighted by molar-refractivity contribution is -0.143. The number of ether oxygens (including phenoxy) is 2. The Balaban J connectivity index is 0.00000506. The van der Waals surface area contributed by atoms with Gasteiger partial charge in [-0.1, -0.05) is 84.9 Å². The first kappa shape index (κ1) is 33.3. The van der Waals surface area contributed by atoms with Crippen LogP contribution in [0.5, 0.6) is 0 Å². The lowest BCUT2D eigenvalue weighted by atomic mass is 10.1. The number of carbonyl (C=O) groups excluding carboxylic acids is 3. The maximum absolute atomic E-state index is 13.1. The summed E-state index contributed by atoms with van der Waals surface area (Å²) in [7, 11) is -2.18. The number of halogens is 1. The molecule has 0 spiro atoms. The van der Waals surface area contributed by atoms with Gasteiger partial charge in [0.1, 0.15) is 48.5 Å². The monoisotopic (exact) mass is 618 g/mol. The minimum absolute atomic E-state index is 0. The number of benzene rings is 4. The Kier molecular flexibility index (Phi) is 13.2. The first-order chi connectivity index (χ1) is 20.5. The number of carbonyl (C=O) groups is 3. The number of amides is 2. The van der Waals surface area contributed by atoms with Crippen LogP contribution in [0.4, 0.5) is 4.79 Å². The van der Waals surface area contributed by atoms with Crippen molar-refractivity contribution in [3.63, 3.8) is 0 Å². The molecule has 1 atom stereocenters. The zero-order chi connectivity index (χ0) is 29.6. The Hall–Kier alpha value is -4.19. The molecule has 4 aromatic rings. The molecule has 0 aliphatic rings. The van der Waals surface area contributed by atoms with Crippen LogP contribution in [-0.4, -0.2) is 49.9 Å². The Labute approximate surface area is 259 Å². The number of nitrogens with one attached hydrogen (secondary N) is 2. The molecule has 0 heterocycles. The first-order valence-corrected chi connectivity index (χ1v) is 16.0. The van der Waals surface area contributed by atoms with E-state index in [2.05, 4.69) is 47.0 Å². The normalized spacial score (nSPS) is 11.4. The second-order valence-corrected chi connectivity index (χ2v) is 13.2. The van der Waals surface area contributed by atoms with Crippen LogP contribution in [0, 0.1) is 0 Å². The Bertz CT molecular complexity index is 1330. The number of alkyl carbamates (subject to hydrolysis) is 1. The van der Waals surface area contributed by atoms with Gasteiger partial charge in [-0.25, -0.2) is 4.79 Å². The van der Waals surface area contributed by atoms with E-state index >= 15 is 0 Å². The molecule has 2 N–H and O–H groups in total. The van der Waals surface area contributed by atoms with Gasteiger partial charge in [0.2, 0.25) is 5.91 Å². The maximum atomic E-state index is 13.1. The van der Waals surface area contributed by atoms with Crippen molar-refractivity contribution >= 4 is 41.1 Å². The molecule has 0 saturated carbocycles. The van der Waals surface area contributed by atoms with Gasteiger partial charge in [-0.15, -0.1) is 0 Å². The van der Waals surface area contributed by atoms with Crippen LogP contribution in [0.1, 0.15) is 12.5 Å². The van der Waals surface area contributed by atoms with Gasteiger partial charge in [0.05, 0.1) is 6.61 Å². The fourth-order valence-corrected chi connectivity index (χ4v) is 8.97. The van der Waals surface area contributed by atoms with Gasteiger partial charge >= 0.3 is 12.1 Å². The van der Waals surface area contributed by atoms with Gasteiger partial charge in [-0.3, -0.25) is 9.59 Å². The van der Waals surface area contributed by atoms with Gasteiger partial charge in [0.25, 0.3) is 0 Å². The first-order valence-electron chi connectivity index (χ1n) is 14.0. The van der Waals surface area contributed by atoms with Crippen LogP contribution in [0.25, 0.3) is 0 Å². The number of rotatable bonds is 13. The van der Waals surface area contributed by atoms with E-state index in [1.807, 2.05) is 84.9 Å². The van der Waals surface area contributed by atoms with Gasteiger partial charge in [0, 0.05) is 6.42 Å². The van der Waals surface area contributed by atoms with Gasteiger partial charge in [-0.05, 0) is 48.9 Å². The van der Waals surface area contributed by atoms with Crippen molar-refractivity contribution in [2.75, 3.05) is 25.9 Å². The molecule has 2 amide bonds. The standard InChI is InChI=1S/C34H35N2O5P.ClH/c1-2-40-32(37)26-35-33(38)31(25-27-15-7-3-8-16-27)36-34(39)41-23-24-42(28-17-9-4-10-18-28,29-19-11-5-12-20-29)30-21-13-6-14-22-30;/h3-22,31H,2,23-26H2,1H3,(H-,35,36,38,39);1H. The summed E-state index contributed by atoms with van der Waals surface area (Å²) in [4.78, 5) is 37.9. The molecule has 0 aliphatic carbocycles. The highest BCUT2D eigenvalue weighted by Crippen LogP contribution is 2.54. The molecule has 224 valence electrons. The molecular weight excluding hydrogens is 583 g/mol. The summed E-state index contributed by atoms with van der Waals surface area (Å²) < 4.78 is 10.7. The van der Waals surface area contributed by atoms with Crippen molar-refractivity contribution in [3.8, 4) is 0 Å². The summed E-state index contributed by atoms with van der Waals surface area (Å²) in [5.41, 5.74) is 0.858. The molecule has 1 unspecified atom stereocenters. The lowest BCUT2D eigenvalue weighted by Crippen LogP contribution is -3.00. The van der Waals surface area contributed by atoms with Crippen molar-refractivity contribution in [1.82, 2.24) is 10.6 Å². The molecule has 0 bridgehead atoms. The van der Waals surface area contributed by atoms with Crippen molar-refractivity contribution in [1.29, 1.82) is 0 Å². The number of hydrogen-bond acceptors (Lipinski definition) is 5. The second-order valence-electron chi connectivity index (χ2n) is 9.59. The van der Waals surface area contributed by atoms with Crippen LogP contribution >= 0.6 is 7.26 Å². The molecule has 0 aromatic heterocycles. The van der Waals surface area contributed by atoms with Gasteiger partial charge < -0.3 is 32.5 Å². The van der Waals surface area contributed by atoms with Crippen molar-refractivity contribution in [2.24, 2.45) is 0 Å². The van der Waals surface area contributed by atoms with E-state index in [0.29, 0.717) is 6.16 Å². The number of esters is 1. The summed E-state index contributed by atoms with van der Waals surface area (Å²) in [6.45, 7) is 1.76. The molecule has 0 saturated heterocycles. The summed E-state index contributed by atoms with van der Waals surface area (Å²) in [6.07, 6.45) is 0.116. The minimum atomic E-state index is -2.18. The second kappa shape index (κ2) is 17.1. The summed E-state index contributed by atoms with van der Waals surface area (Å²) in [6, 6.07) is 39.4. The molecular formula is C34H36ClN2O5P. The average molecular weight is 619 g/mol. The van der Waals surface area contributed by atoms with Gasteiger partial charge in [0.15, 0.2) is 0 Å². The average Bonchev–Trinajstić information content (AvgIpc) is 3.03. The SMILES string of the molecule is CCOC(=O)CNC(=O)C(Cc1ccccc1)NC(=O)OCC[P+](c1ccccc1)(c1ccccc1)c1ccccc1.[Cl-]. The molecule has 43 heavy (non-hydrogen) atoms. The summed E-state index contributed by atoms with van der Waals surface area (Å²) >= 11 is 0. The van der Waals surface area contributed by atoms with Crippen molar-refractivity contribution in [3.05, 3.63) is 127 Å². The predicted molar refractivity (Wildman–Crippen MR) is 168 cm³/mol. The Morgan fingerprint density at radius 1 is 0.698 bits per heavy atom. The smallest absolute Gasteiger partial charge is 0.407 e. The van der Waals surface area contributed by atoms with Crippen LogP contribution < -0.4 is 39.0 Å². The molecule has 0 aliphatic heterocycles. The molecule has 4 aromatic carbocycles.